The van der Waals surface area contributed by atoms with Crippen molar-refractivity contribution in [2.75, 3.05) is 32.9 Å². The maximum Gasteiger partial charge on any atom is 0.0772 e. The predicted octanol–water partition coefficient (Wildman–Crippen LogP) is 1.19. The fraction of sp³-hybridized carbons (Fsp3) is 0.615. The van der Waals surface area contributed by atoms with Crippen LogP contribution < -0.4 is 5.73 Å². The van der Waals surface area contributed by atoms with E-state index >= 15 is 0 Å². The lowest BCUT2D eigenvalue weighted by Gasteiger charge is -2.26. The van der Waals surface area contributed by atoms with Gasteiger partial charge in [0.2, 0.25) is 0 Å². The van der Waals surface area contributed by atoms with E-state index in [4.69, 9.17) is 5.73 Å². The molecule has 0 saturated carbocycles. The summed E-state index contributed by atoms with van der Waals surface area (Å²) in [6, 6.07) is 4.46. The van der Waals surface area contributed by atoms with Gasteiger partial charge in [-0.3, -0.25) is 9.88 Å². The van der Waals surface area contributed by atoms with Crippen LogP contribution in [0.5, 0.6) is 0 Å². The molecular formula is C13H22N4. The lowest BCUT2D eigenvalue weighted by Crippen LogP contribution is -2.37. The molecule has 1 atom stereocenters. The summed E-state index contributed by atoms with van der Waals surface area (Å²) in [7, 11) is 4.26. The van der Waals surface area contributed by atoms with Crippen LogP contribution in [0.4, 0.5) is 5.69 Å². The molecule has 1 aromatic heterocycles. The van der Waals surface area contributed by atoms with Crippen LogP contribution in [0.1, 0.15) is 18.5 Å². The number of rotatable bonds is 4. The minimum atomic E-state index is 0.645. The molecule has 0 aliphatic carbocycles. The van der Waals surface area contributed by atoms with E-state index in [9.17, 15) is 0 Å². The van der Waals surface area contributed by atoms with Gasteiger partial charge in [-0.05, 0) is 45.6 Å². The smallest absolute Gasteiger partial charge is 0.0772 e. The molecule has 1 aliphatic heterocycles. The molecule has 2 N–H and O–H groups in total. The molecule has 4 nitrogen and oxygen atoms in total. The summed E-state index contributed by atoms with van der Waals surface area (Å²) < 4.78 is 0. The van der Waals surface area contributed by atoms with Crippen molar-refractivity contribution >= 4 is 5.69 Å². The highest BCUT2D eigenvalue weighted by atomic mass is 15.2. The number of nitrogen functional groups attached to an aromatic ring is 1. The van der Waals surface area contributed by atoms with Crippen molar-refractivity contribution in [1.29, 1.82) is 0 Å². The molecule has 1 saturated heterocycles. The van der Waals surface area contributed by atoms with E-state index < -0.39 is 0 Å². The zero-order chi connectivity index (χ0) is 12.3. The van der Waals surface area contributed by atoms with E-state index in [1.54, 1.807) is 0 Å². The Morgan fingerprint density at radius 3 is 3.06 bits per heavy atom. The third-order valence-electron chi connectivity index (χ3n) is 3.35. The molecule has 17 heavy (non-hydrogen) atoms. The summed E-state index contributed by atoms with van der Waals surface area (Å²) in [5, 5.41) is 0. The Balaban J connectivity index is 2.00. The SMILES string of the molecule is CN(C)CC1CCCN1Cc1ncccc1N. The van der Waals surface area contributed by atoms with Gasteiger partial charge in [0.05, 0.1) is 11.4 Å². The maximum atomic E-state index is 5.95. The summed E-state index contributed by atoms with van der Waals surface area (Å²) in [6.07, 6.45) is 4.39. The summed E-state index contributed by atoms with van der Waals surface area (Å²) in [5.74, 6) is 0. The van der Waals surface area contributed by atoms with Crippen LogP contribution in [0.15, 0.2) is 18.3 Å². The van der Waals surface area contributed by atoms with Crippen LogP contribution in [-0.4, -0.2) is 48.0 Å². The summed E-state index contributed by atoms with van der Waals surface area (Å²) >= 11 is 0. The number of hydrogen-bond donors (Lipinski definition) is 1. The zero-order valence-corrected chi connectivity index (χ0v) is 10.8. The topological polar surface area (TPSA) is 45.4 Å². The van der Waals surface area contributed by atoms with Crippen LogP contribution in [0.25, 0.3) is 0 Å². The Kier molecular flexibility index (Phi) is 3.97. The molecule has 1 fully saturated rings. The largest absolute Gasteiger partial charge is 0.397 e. The Hall–Kier alpha value is -1.13. The normalized spacial score (nSPS) is 21.2. The monoisotopic (exact) mass is 234 g/mol. The molecule has 2 heterocycles. The first-order valence-corrected chi connectivity index (χ1v) is 6.25. The third kappa shape index (κ3) is 3.17. The molecule has 4 heteroatoms. The van der Waals surface area contributed by atoms with Gasteiger partial charge in [0.1, 0.15) is 0 Å². The minimum absolute atomic E-state index is 0.645. The van der Waals surface area contributed by atoms with E-state index in [1.165, 1.54) is 12.8 Å². The number of aromatic nitrogens is 1. The molecular weight excluding hydrogens is 212 g/mol. The molecule has 1 aromatic rings. The van der Waals surface area contributed by atoms with Crippen molar-refractivity contribution < 1.29 is 0 Å². The number of anilines is 1. The fourth-order valence-corrected chi connectivity index (χ4v) is 2.51. The van der Waals surface area contributed by atoms with Crippen molar-refractivity contribution in [1.82, 2.24) is 14.8 Å². The second-order valence-electron chi connectivity index (χ2n) is 5.07. The van der Waals surface area contributed by atoms with Crippen molar-refractivity contribution in [3.05, 3.63) is 24.0 Å². The van der Waals surface area contributed by atoms with Crippen molar-refractivity contribution in [2.24, 2.45) is 0 Å². The minimum Gasteiger partial charge on any atom is -0.397 e. The number of likely N-dealkylation sites (N-methyl/N-ethyl adjacent to an activating group) is 1. The first kappa shape index (κ1) is 12.3. The highest BCUT2D eigenvalue weighted by molar-refractivity contribution is 5.41. The van der Waals surface area contributed by atoms with E-state index in [2.05, 4.69) is 28.9 Å². The first-order chi connectivity index (χ1) is 8.16. The lowest BCUT2D eigenvalue weighted by atomic mass is 10.2. The van der Waals surface area contributed by atoms with Gasteiger partial charge in [0.15, 0.2) is 0 Å². The second kappa shape index (κ2) is 5.47. The van der Waals surface area contributed by atoms with Crippen LogP contribution in [0.3, 0.4) is 0 Å². The molecule has 2 rings (SSSR count). The Morgan fingerprint density at radius 1 is 1.53 bits per heavy atom. The van der Waals surface area contributed by atoms with E-state index in [1.807, 2.05) is 18.3 Å². The number of nitrogens with two attached hydrogens (primary N) is 1. The van der Waals surface area contributed by atoms with E-state index in [-0.39, 0.29) is 0 Å². The number of nitrogens with zero attached hydrogens (tertiary/aromatic N) is 3. The van der Waals surface area contributed by atoms with Gasteiger partial charge >= 0.3 is 0 Å². The Morgan fingerprint density at radius 2 is 2.35 bits per heavy atom. The second-order valence-corrected chi connectivity index (χ2v) is 5.07. The third-order valence-corrected chi connectivity index (χ3v) is 3.35. The maximum absolute atomic E-state index is 5.95. The summed E-state index contributed by atoms with van der Waals surface area (Å²) in [6.45, 7) is 3.16. The Labute approximate surface area is 103 Å². The van der Waals surface area contributed by atoms with Crippen molar-refractivity contribution in [3.8, 4) is 0 Å². The predicted molar refractivity (Wildman–Crippen MR) is 70.6 cm³/mol. The van der Waals surface area contributed by atoms with Crippen LogP contribution in [0, 0.1) is 0 Å². The molecule has 0 spiro atoms. The van der Waals surface area contributed by atoms with Crippen molar-refractivity contribution in [2.45, 2.75) is 25.4 Å². The molecule has 0 amide bonds. The summed E-state index contributed by atoms with van der Waals surface area (Å²) in [5.41, 5.74) is 7.77. The average molecular weight is 234 g/mol. The molecule has 1 unspecified atom stereocenters. The first-order valence-electron chi connectivity index (χ1n) is 6.25. The van der Waals surface area contributed by atoms with Crippen LogP contribution >= 0.6 is 0 Å². The number of likely N-dealkylation sites (tertiary alicyclic amines) is 1. The summed E-state index contributed by atoms with van der Waals surface area (Å²) in [4.78, 5) is 9.13. The van der Waals surface area contributed by atoms with E-state index in [0.29, 0.717) is 6.04 Å². The van der Waals surface area contributed by atoms with Gasteiger partial charge in [-0.25, -0.2) is 0 Å². The van der Waals surface area contributed by atoms with Gasteiger partial charge in [0.25, 0.3) is 0 Å². The van der Waals surface area contributed by atoms with Gasteiger partial charge < -0.3 is 10.6 Å². The average Bonchev–Trinajstić information content (AvgIpc) is 2.68. The quantitative estimate of drug-likeness (QED) is 0.850. The molecule has 0 radical (unpaired) electrons. The zero-order valence-electron chi connectivity index (χ0n) is 10.8. The van der Waals surface area contributed by atoms with Gasteiger partial charge in [0, 0.05) is 25.3 Å². The lowest BCUT2D eigenvalue weighted by molar-refractivity contribution is 0.199. The van der Waals surface area contributed by atoms with Gasteiger partial charge in [-0.2, -0.15) is 0 Å². The van der Waals surface area contributed by atoms with Crippen LogP contribution in [0.2, 0.25) is 0 Å². The Bertz CT molecular complexity index is 364. The van der Waals surface area contributed by atoms with E-state index in [0.717, 1.165) is 31.0 Å². The molecule has 0 aromatic carbocycles. The van der Waals surface area contributed by atoms with Gasteiger partial charge in [-0.15, -0.1) is 0 Å². The number of pyridine rings is 1. The number of hydrogen-bond acceptors (Lipinski definition) is 4. The highest BCUT2D eigenvalue weighted by Crippen LogP contribution is 2.21. The molecule has 1 aliphatic rings. The van der Waals surface area contributed by atoms with Gasteiger partial charge in [-0.1, -0.05) is 0 Å². The molecule has 94 valence electrons. The highest BCUT2D eigenvalue weighted by Gasteiger charge is 2.25. The molecule has 0 bridgehead atoms. The standard InChI is InChI=1S/C13H22N4/c1-16(2)9-11-5-4-8-17(11)10-13-12(14)6-3-7-15-13/h3,6-7,11H,4-5,8-10,14H2,1-2H3. The van der Waals surface area contributed by atoms with Crippen molar-refractivity contribution in [3.63, 3.8) is 0 Å². The fourth-order valence-electron chi connectivity index (χ4n) is 2.51. The van der Waals surface area contributed by atoms with Crippen LogP contribution in [-0.2, 0) is 6.54 Å².